The number of hydrogen-bond donors (Lipinski definition) is 2. The van der Waals surface area contributed by atoms with Crippen molar-refractivity contribution in [2.24, 2.45) is 0 Å². The Hall–Kier alpha value is -3.44. The lowest BCUT2D eigenvalue weighted by Gasteiger charge is -2.28. The molecule has 3 aromatic carbocycles. The highest BCUT2D eigenvalue weighted by Crippen LogP contribution is 2.18. The van der Waals surface area contributed by atoms with Crippen molar-refractivity contribution < 1.29 is 14.7 Å². The van der Waals surface area contributed by atoms with Crippen molar-refractivity contribution in [3.63, 3.8) is 0 Å². The summed E-state index contributed by atoms with van der Waals surface area (Å²) in [5.41, 5.74) is 2.13. The van der Waals surface area contributed by atoms with E-state index < -0.39 is 6.04 Å². The third kappa shape index (κ3) is 5.53. The normalized spacial score (nSPS) is 11.5. The minimum Gasteiger partial charge on any atom is -0.395 e. The minimum atomic E-state index is -0.848. The molecule has 0 saturated heterocycles. The van der Waals surface area contributed by atoms with Crippen molar-refractivity contribution >= 4 is 11.8 Å². The van der Waals surface area contributed by atoms with Crippen LogP contribution < -0.4 is 5.32 Å². The molecular weight excluding hydrogens is 364 g/mol. The highest BCUT2D eigenvalue weighted by Gasteiger charge is 2.27. The predicted octanol–water partition coefficient (Wildman–Crippen LogP) is 3.18. The van der Waals surface area contributed by atoms with Gasteiger partial charge in [0.2, 0.25) is 5.91 Å². The van der Waals surface area contributed by atoms with Crippen molar-refractivity contribution in [3.05, 3.63) is 108 Å². The van der Waals surface area contributed by atoms with Crippen molar-refractivity contribution in [1.29, 1.82) is 0 Å². The van der Waals surface area contributed by atoms with E-state index in [1.807, 2.05) is 66.7 Å². The molecule has 0 spiro atoms. The lowest BCUT2D eigenvalue weighted by molar-refractivity contribution is -0.134. The van der Waals surface area contributed by atoms with Gasteiger partial charge in [0.05, 0.1) is 6.61 Å². The number of amides is 2. The van der Waals surface area contributed by atoms with Gasteiger partial charge in [-0.1, -0.05) is 78.9 Å². The van der Waals surface area contributed by atoms with E-state index >= 15 is 0 Å². The summed E-state index contributed by atoms with van der Waals surface area (Å²) in [5, 5.41) is 12.4. The average molecular weight is 388 g/mol. The zero-order chi connectivity index (χ0) is 20.5. The molecule has 3 aromatic rings. The Morgan fingerprint density at radius 2 is 1.38 bits per heavy atom. The molecule has 5 heteroatoms. The molecule has 0 fully saturated rings. The molecule has 0 radical (unpaired) electrons. The fourth-order valence-corrected chi connectivity index (χ4v) is 3.11. The number of nitrogens with one attached hydrogen (secondary N) is 1. The maximum atomic E-state index is 13.4. The Kier molecular flexibility index (Phi) is 7.14. The summed E-state index contributed by atoms with van der Waals surface area (Å²) in [6, 6.07) is 26.7. The molecule has 0 saturated carbocycles. The number of aliphatic hydroxyl groups excluding tert-OH is 1. The van der Waals surface area contributed by atoms with Crippen LogP contribution in [0.4, 0.5) is 0 Å². The molecule has 0 aliphatic heterocycles. The molecular formula is C24H24N2O3. The van der Waals surface area contributed by atoms with Crippen LogP contribution in [0.25, 0.3) is 0 Å². The fourth-order valence-electron chi connectivity index (χ4n) is 3.11. The van der Waals surface area contributed by atoms with Crippen LogP contribution in [0.1, 0.15) is 27.5 Å². The number of carbonyl (C=O) groups is 2. The van der Waals surface area contributed by atoms with Crippen molar-refractivity contribution in [1.82, 2.24) is 10.2 Å². The quantitative estimate of drug-likeness (QED) is 0.623. The molecule has 0 heterocycles. The molecule has 0 aromatic heterocycles. The van der Waals surface area contributed by atoms with Gasteiger partial charge >= 0.3 is 0 Å². The Morgan fingerprint density at radius 1 is 0.828 bits per heavy atom. The van der Waals surface area contributed by atoms with E-state index in [-0.39, 0.29) is 25.0 Å². The first-order valence-electron chi connectivity index (χ1n) is 9.53. The maximum Gasteiger partial charge on any atom is 0.252 e. The first kappa shape index (κ1) is 20.3. The van der Waals surface area contributed by atoms with Crippen molar-refractivity contribution in [3.8, 4) is 0 Å². The van der Waals surface area contributed by atoms with Gasteiger partial charge in [-0.15, -0.1) is 0 Å². The fraction of sp³-hybridized carbons (Fsp3) is 0.167. The van der Waals surface area contributed by atoms with Crippen LogP contribution in [0.3, 0.4) is 0 Å². The summed E-state index contributed by atoms with van der Waals surface area (Å²) >= 11 is 0. The molecule has 2 amide bonds. The average Bonchev–Trinajstić information content (AvgIpc) is 2.78. The van der Waals surface area contributed by atoms with Crippen LogP contribution in [-0.4, -0.2) is 35.0 Å². The third-order valence-corrected chi connectivity index (χ3v) is 4.59. The van der Waals surface area contributed by atoms with Gasteiger partial charge in [-0.3, -0.25) is 9.59 Å². The van der Waals surface area contributed by atoms with E-state index in [0.29, 0.717) is 17.7 Å². The second-order valence-electron chi connectivity index (χ2n) is 6.65. The van der Waals surface area contributed by atoms with E-state index in [2.05, 4.69) is 5.32 Å². The number of benzene rings is 3. The minimum absolute atomic E-state index is 0.160. The Labute approximate surface area is 170 Å². The van der Waals surface area contributed by atoms with Crippen LogP contribution in [0.15, 0.2) is 91.0 Å². The van der Waals surface area contributed by atoms with Crippen molar-refractivity contribution in [2.75, 3.05) is 13.2 Å². The van der Waals surface area contributed by atoms with Gasteiger partial charge in [-0.2, -0.15) is 0 Å². The van der Waals surface area contributed by atoms with Gasteiger partial charge in [-0.05, 0) is 23.3 Å². The topological polar surface area (TPSA) is 69.6 Å². The van der Waals surface area contributed by atoms with Crippen LogP contribution in [-0.2, 0) is 11.3 Å². The van der Waals surface area contributed by atoms with Gasteiger partial charge in [-0.25, -0.2) is 0 Å². The molecule has 0 aliphatic carbocycles. The number of carbonyl (C=O) groups excluding carboxylic acids is 2. The number of aliphatic hydroxyl groups is 1. The van der Waals surface area contributed by atoms with Crippen LogP contribution in [0.2, 0.25) is 0 Å². The maximum absolute atomic E-state index is 13.4. The van der Waals surface area contributed by atoms with E-state index in [9.17, 15) is 14.7 Å². The molecule has 5 nitrogen and oxygen atoms in total. The van der Waals surface area contributed by atoms with Crippen LogP contribution in [0.5, 0.6) is 0 Å². The summed E-state index contributed by atoms with van der Waals surface area (Å²) in [4.78, 5) is 27.7. The van der Waals surface area contributed by atoms with Gasteiger partial charge in [0.15, 0.2) is 0 Å². The zero-order valence-electron chi connectivity index (χ0n) is 16.1. The lowest BCUT2D eigenvalue weighted by atomic mass is 10.0. The molecule has 1 atom stereocenters. The van der Waals surface area contributed by atoms with Gasteiger partial charge < -0.3 is 15.3 Å². The van der Waals surface area contributed by atoms with E-state index in [0.717, 1.165) is 5.56 Å². The molecule has 3 rings (SSSR count). The second-order valence-corrected chi connectivity index (χ2v) is 6.65. The smallest absolute Gasteiger partial charge is 0.252 e. The molecule has 1 unspecified atom stereocenters. The Morgan fingerprint density at radius 3 is 1.97 bits per heavy atom. The molecule has 2 N–H and O–H groups in total. The monoisotopic (exact) mass is 388 g/mol. The summed E-state index contributed by atoms with van der Waals surface area (Å²) < 4.78 is 0. The summed E-state index contributed by atoms with van der Waals surface area (Å²) in [7, 11) is 0. The Bertz CT molecular complexity index is 915. The van der Waals surface area contributed by atoms with E-state index in [1.54, 1.807) is 29.2 Å². The van der Waals surface area contributed by atoms with Crippen LogP contribution in [0, 0.1) is 0 Å². The zero-order valence-corrected chi connectivity index (χ0v) is 16.1. The largest absolute Gasteiger partial charge is 0.395 e. The first-order chi connectivity index (χ1) is 14.2. The molecule has 148 valence electrons. The summed E-state index contributed by atoms with van der Waals surface area (Å²) in [6.45, 7) is 0.371. The molecule has 0 bridgehead atoms. The van der Waals surface area contributed by atoms with Crippen molar-refractivity contribution in [2.45, 2.75) is 12.6 Å². The Balaban J connectivity index is 1.87. The molecule has 29 heavy (non-hydrogen) atoms. The SMILES string of the molecule is O=C(NC(C(=O)N(CCO)Cc1ccccc1)c1ccccc1)c1ccccc1. The predicted molar refractivity (Wildman–Crippen MR) is 112 cm³/mol. The number of nitrogens with zero attached hydrogens (tertiary/aromatic N) is 1. The van der Waals surface area contributed by atoms with Gasteiger partial charge in [0, 0.05) is 18.7 Å². The number of rotatable bonds is 8. The van der Waals surface area contributed by atoms with Crippen LogP contribution >= 0.6 is 0 Å². The molecule has 0 aliphatic rings. The first-order valence-corrected chi connectivity index (χ1v) is 9.53. The highest BCUT2D eigenvalue weighted by molar-refractivity contribution is 5.97. The third-order valence-electron chi connectivity index (χ3n) is 4.59. The van der Waals surface area contributed by atoms with Gasteiger partial charge in [0.1, 0.15) is 6.04 Å². The highest BCUT2D eigenvalue weighted by atomic mass is 16.3. The summed E-state index contributed by atoms with van der Waals surface area (Å²) in [6.07, 6.45) is 0. The number of hydrogen-bond acceptors (Lipinski definition) is 3. The van der Waals surface area contributed by atoms with Gasteiger partial charge in [0.25, 0.3) is 5.91 Å². The lowest BCUT2D eigenvalue weighted by Crippen LogP contribution is -2.43. The summed E-state index contributed by atoms with van der Waals surface area (Å²) in [5.74, 6) is -0.588. The van der Waals surface area contributed by atoms with E-state index in [4.69, 9.17) is 0 Å². The standard InChI is InChI=1S/C24H24N2O3/c27-17-16-26(18-19-10-4-1-5-11-19)24(29)22(20-12-6-2-7-13-20)25-23(28)21-14-8-3-9-15-21/h1-15,22,27H,16-18H2,(H,25,28). The van der Waals surface area contributed by atoms with E-state index in [1.165, 1.54) is 0 Å². The second kappa shape index (κ2) is 10.2.